The maximum Gasteiger partial charge on any atom is 0.260 e. The molecule has 1 aromatic rings. The van der Waals surface area contributed by atoms with Gasteiger partial charge in [-0.15, -0.1) is 0 Å². The van der Waals surface area contributed by atoms with E-state index in [1.807, 2.05) is 0 Å². The predicted molar refractivity (Wildman–Crippen MR) is 79.4 cm³/mol. The molecule has 0 radical (unpaired) electrons. The fourth-order valence-corrected chi connectivity index (χ4v) is 2.10. The number of piperazine rings is 1. The highest BCUT2D eigenvalue weighted by Crippen LogP contribution is 2.13. The van der Waals surface area contributed by atoms with Crippen LogP contribution in [0.5, 0.6) is 5.75 Å². The third-order valence-electron chi connectivity index (χ3n) is 3.34. The van der Waals surface area contributed by atoms with Crippen LogP contribution in [0.25, 0.3) is 0 Å². The number of benzene rings is 1. The van der Waals surface area contributed by atoms with Crippen LogP contribution < -0.4 is 10.1 Å². The van der Waals surface area contributed by atoms with Crippen molar-refractivity contribution < 1.29 is 14.3 Å². The van der Waals surface area contributed by atoms with Gasteiger partial charge in [-0.05, 0) is 24.3 Å². The van der Waals surface area contributed by atoms with Crippen LogP contribution in [0.2, 0.25) is 0 Å². The second kappa shape index (κ2) is 7.08. The standard InChI is InChI=1S/C15H21N3O3/c1-17(2)15(20)12-3-5-13(6-4-12)21-11-14(19)18-9-7-16-8-10-18/h3-6,16H,7-11H2,1-2H3. The summed E-state index contributed by atoms with van der Waals surface area (Å²) in [4.78, 5) is 27.0. The van der Waals surface area contributed by atoms with Crippen LogP contribution in [0.4, 0.5) is 0 Å². The van der Waals surface area contributed by atoms with Gasteiger partial charge in [0.15, 0.2) is 6.61 Å². The van der Waals surface area contributed by atoms with Crippen LogP contribution >= 0.6 is 0 Å². The zero-order valence-corrected chi connectivity index (χ0v) is 12.5. The molecular weight excluding hydrogens is 270 g/mol. The van der Waals surface area contributed by atoms with Crippen molar-refractivity contribution in [2.75, 3.05) is 46.9 Å². The maximum atomic E-state index is 11.9. The van der Waals surface area contributed by atoms with Gasteiger partial charge in [-0.25, -0.2) is 0 Å². The summed E-state index contributed by atoms with van der Waals surface area (Å²) in [6.45, 7) is 3.12. The molecular formula is C15H21N3O3. The van der Waals surface area contributed by atoms with Crippen molar-refractivity contribution in [2.24, 2.45) is 0 Å². The average Bonchev–Trinajstić information content (AvgIpc) is 2.53. The molecule has 1 fully saturated rings. The lowest BCUT2D eigenvalue weighted by Crippen LogP contribution is -2.47. The summed E-state index contributed by atoms with van der Waals surface area (Å²) in [7, 11) is 3.41. The van der Waals surface area contributed by atoms with Crippen LogP contribution in [0, 0.1) is 0 Å². The molecule has 0 aromatic heterocycles. The Hall–Kier alpha value is -2.08. The second-order valence-electron chi connectivity index (χ2n) is 5.14. The molecule has 2 rings (SSSR count). The number of nitrogens with one attached hydrogen (secondary N) is 1. The molecule has 1 aliphatic heterocycles. The Labute approximate surface area is 124 Å². The number of amides is 2. The minimum atomic E-state index is -0.0570. The first-order valence-corrected chi connectivity index (χ1v) is 7.01. The Balaban J connectivity index is 1.86. The van der Waals surface area contributed by atoms with Gasteiger partial charge < -0.3 is 19.9 Å². The SMILES string of the molecule is CN(C)C(=O)c1ccc(OCC(=O)N2CCNCC2)cc1. The molecule has 0 atom stereocenters. The lowest BCUT2D eigenvalue weighted by atomic mass is 10.2. The van der Waals surface area contributed by atoms with Crippen LogP contribution in [0.3, 0.4) is 0 Å². The zero-order valence-electron chi connectivity index (χ0n) is 12.5. The van der Waals surface area contributed by atoms with E-state index in [0.717, 1.165) is 26.2 Å². The Kier molecular flexibility index (Phi) is 5.16. The van der Waals surface area contributed by atoms with Crippen molar-refractivity contribution in [3.8, 4) is 5.75 Å². The Morgan fingerprint density at radius 1 is 1.19 bits per heavy atom. The molecule has 0 aliphatic carbocycles. The highest BCUT2D eigenvalue weighted by atomic mass is 16.5. The molecule has 6 nitrogen and oxygen atoms in total. The van der Waals surface area contributed by atoms with E-state index in [9.17, 15) is 9.59 Å². The normalized spacial score (nSPS) is 14.7. The molecule has 1 heterocycles. The maximum absolute atomic E-state index is 11.9. The summed E-state index contributed by atoms with van der Waals surface area (Å²) in [5.74, 6) is 0.525. The van der Waals surface area contributed by atoms with Crippen LogP contribution in [-0.4, -0.2) is 68.5 Å². The third-order valence-corrected chi connectivity index (χ3v) is 3.34. The van der Waals surface area contributed by atoms with E-state index in [1.54, 1.807) is 43.3 Å². The molecule has 0 saturated carbocycles. The van der Waals surface area contributed by atoms with E-state index < -0.39 is 0 Å². The number of hydrogen-bond acceptors (Lipinski definition) is 4. The fraction of sp³-hybridized carbons (Fsp3) is 0.467. The summed E-state index contributed by atoms with van der Waals surface area (Å²) in [5, 5.41) is 3.20. The fourth-order valence-electron chi connectivity index (χ4n) is 2.10. The van der Waals surface area contributed by atoms with E-state index in [-0.39, 0.29) is 18.4 Å². The van der Waals surface area contributed by atoms with Crippen molar-refractivity contribution in [1.29, 1.82) is 0 Å². The van der Waals surface area contributed by atoms with Gasteiger partial charge in [0.05, 0.1) is 0 Å². The van der Waals surface area contributed by atoms with Crippen molar-refractivity contribution >= 4 is 11.8 Å². The number of carbonyl (C=O) groups excluding carboxylic acids is 2. The lowest BCUT2D eigenvalue weighted by Gasteiger charge is -2.27. The molecule has 0 bridgehead atoms. The number of rotatable bonds is 4. The summed E-state index contributed by atoms with van der Waals surface area (Å²) in [6.07, 6.45) is 0. The van der Waals surface area contributed by atoms with Gasteiger partial charge in [0.2, 0.25) is 0 Å². The number of ether oxygens (including phenoxy) is 1. The van der Waals surface area contributed by atoms with E-state index in [2.05, 4.69) is 5.32 Å². The molecule has 6 heteroatoms. The average molecular weight is 291 g/mol. The predicted octanol–water partition coefficient (Wildman–Crippen LogP) is 0.199. The number of carbonyl (C=O) groups is 2. The van der Waals surface area contributed by atoms with E-state index >= 15 is 0 Å². The first-order chi connectivity index (χ1) is 10.1. The first kappa shape index (κ1) is 15.3. The van der Waals surface area contributed by atoms with Crippen molar-refractivity contribution in [3.05, 3.63) is 29.8 Å². The Morgan fingerprint density at radius 2 is 1.81 bits per heavy atom. The van der Waals surface area contributed by atoms with E-state index in [0.29, 0.717) is 11.3 Å². The van der Waals surface area contributed by atoms with Crippen LogP contribution in [0.1, 0.15) is 10.4 Å². The monoisotopic (exact) mass is 291 g/mol. The quantitative estimate of drug-likeness (QED) is 0.861. The Bertz CT molecular complexity index is 493. The molecule has 1 aromatic carbocycles. The van der Waals surface area contributed by atoms with Gasteiger partial charge in [-0.3, -0.25) is 9.59 Å². The highest BCUT2D eigenvalue weighted by molar-refractivity contribution is 5.93. The summed E-state index contributed by atoms with van der Waals surface area (Å²) < 4.78 is 5.48. The smallest absolute Gasteiger partial charge is 0.260 e. The van der Waals surface area contributed by atoms with Gasteiger partial charge in [0, 0.05) is 45.8 Å². The topological polar surface area (TPSA) is 61.9 Å². The molecule has 21 heavy (non-hydrogen) atoms. The molecule has 1 N–H and O–H groups in total. The zero-order chi connectivity index (χ0) is 15.2. The molecule has 114 valence electrons. The van der Waals surface area contributed by atoms with Crippen molar-refractivity contribution in [2.45, 2.75) is 0 Å². The van der Waals surface area contributed by atoms with Gasteiger partial charge in [-0.1, -0.05) is 0 Å². The molecule has 1 aliphatic rings. The van der Waals surface area contributed by atoms with Crippen LogP contribution in [0.15, 0.2) is 24.3 Å². The first-order valence-electron chi connectivity index (χ1n) is 7.01. The third kappa shape index (κ3) is 4.19. The second-order valence-corrected chi connectivity index (χ2v) is 5.14. The molecule has 1 saturated heterocycles. The van der Waals surface area contributed by atoms with Gasteiger partial charge in [-0.2, -0.15) is 0 Å². The van der Waals surface area contributed by atoms with Gasteiger partial charge in [0.25, 0.3) is 11.8 Å². The summed E-state index contributed by atoms with van der Waals surface area (Å²) >= 11 is 0. The van der Waals surface area contributed by atoms with Gasteiger partial charge in [0.1, 0.15) is 5.75 Å². The Morgan fingerprint density at radius 3 is 2.38 bits per heavy atom. The van der Waals surface area contributed by atoms with Crippen molar-refractivity contribution in [3.63, 3.8) is 0 Å². The highest BCUT2D eigenvalue weighted by Gasteiger charge is 2.16. The van der Waals surface area contributed by atoms with E-state index in [4.69, 9.17) is 4.74 Å². The minimum Gasteiger partial charge on any atom is -0.484 e. The van der Waals surface area contributed by atoms with Gasteiger partial charge >= 0.3 is 0 Å². The molecule has 0 unspecified atom stereocenters. The minimum absolute atomic E-state index is 0.00931. The number of hydrogen-bond donors (Lipinski definition) is 1. The molecule has 0 spiro atoms. The largest absolute Gasteiger partial charge is 0.484 e. The lowest BCUT2D eigenvalue weighted by molar-refractivity contribution is -0.133. The van der Waals surface area contributed by atoms with Crippen LogP contribution in [-0.2, 0) is 4.79 Å². The van der Waals surface area contributed by atoms with Crippen molar-refractivity contribution in [1.82, 2.24) is 15.1 Å². The molecule has 2 amide bonds. The summed E-state index contributed by atoms with van der Waals surface area (Å²) in [6, 6.07) is 6.82. The number of nitrogens with zero attached hydrogens (tertiary/aromatic N) is 2. The summed E-state index contributed by atoms with van der Waals surface area (Å²) in [5.41, 5.74) is 0.598. The van der Waals surface area contributed by atoms with E-state index in [1.165, 1.54) is 4.90 Å².